The van der Waals surface area contributed by atoms with Gasteiger partial charge in [0.2, 0.25) is 11.8 Å². The molecule has 0 fully saturated rings. The predicted octanol–water partition coefficient (Wildman–Crippen LogP) is 3.07. The van der Waals surface area contributed by atoms with E-state index in [2.05, 4.69) is 10.6 Å². The smallest absolute Gasteiger partial charge is 0.248 e. The van der Waals surface area contributed by atoms with Gasteiger partial charge in [0.1, 0.15) is 5.84 Å². The van der Waals surface area contributed by atoms with Gasteiger partial charge in [0, 0.05) is 36.6 Å². The zero-order valence-corrected chi connectivity index (χ0v) is 21.6. The van der Waals surface area contributed by atoms with Crippen molar-refractivity contribution in [1.82, 2.24) is 10.6 Å². The summed E-state index contributed by atoms with van der Waals surface area (Å²) >= 11 is 0. The number of hydrogen-bond acceptors (Lipinski definition) is 5. The van der Waals surface area contributed by atoms with E-state index in [-0.39, 0.29) is 23.9 Å². The second-order valence-corrected chi connectivity index (χ2v) is 9.42. The first-order chi connectivity index (χ1) is 18.2. The number of benzene rings is 3. The lowest BCUT2D eigenvalue weighted by atomic mass is 9.95. The summed E-state index contributed by atoms with van der Waals surface area (Å²) in [6, 6.07) is 23.6. The quantitative estimate of drug-likeness (QED) is 0.166. The lowest BCUT2D eigenvalue weighted by molar-refractivity contribution is -0.129. The van der Waals surface area contributed by atoms with E-state index < -0.39 is 17.9 Å². The number of hydrogen-bond donors (Lipinski definition) is 5. The lowest BCUT2D eigenvalue weighted by Crippen LogP contribution is -2.39. The Hall–Kier alpha value is -4.30. The number of rotatable bonds is 14. The maximum Gasteiger partial charge on any atom is 0.248 e. The molecule has 0 saturated carbocycles. The number of nitrogens with two attached hydrogens (primary N) is 2. The average molecular weight is 514 g/mol. The van der Waals surface area contributed by atoms with Crippen molar-refractivity contribution in [3.8, 4) is 0 Å². The van der Waals surface area contributed by atoms with Gasteiger partial charge in [0.15, 0.2) is 5.78 Å². The first kappa shape index (κ1) is 28.3. The molecule has 3 rings (SSSR count). The third-order valence-electron chi connectivity index (χ3n) is 6.43. The van der Waals surface area contributed by atoms with Crippen LogP contribution in [0.2, 0.25) is 0 Å². The maximum absolute atomic E-state index is 13.3. The van der Waals surface area contributed by atoms with E-state index in [0.717, 1.165) is 23.1 Å². The SMILES string of the molecule is C[C@H](CC(=O)[C@@H](CCc1ccccc1)NCc1ccc(C(N)=O)cc1)C(=O)NCc1ccc(C(=N)N)cc1. The molecule has 0 aliphatic rings. The van der Waals surface area contributed by atoms with Gasteiger partial charge in [-0.25, -0.2) is 0 Å². The second kappa shape index (κ2) is 13.9. The first-order valence-corrected chi connectivity index (χ1v) is 12.6. The Morgan fingerprint density at radius 3 is 1.95 bits per heavy atom. The fourth-order valence-electron chi connectivity index (χ4n) is 4.06. The second-order valence-electron chi connectivity index (χ2n) is 9.42. The van der Waals surface area contributed by atoms with Gasteiger partial charge >= 0.3 is 0 Å². The Kier molecular flexibility index (Phi) is 10.3. The van der Waals surface area contributed by atoms with Crippen LogP contribution < -0.4 is 22.1 Å². The molecule has 3 aromatic rings. The van der Waals surface area contributed by atoms with Gasteiger partial charge in [-0.15, -0.1) is 0 Å². The molecule has 8 nitrogen and oxygen atoms in total. The van der Waals surface area contributed by atoms with Crippen molar-refractivity contribution in [3.63, 3.8) is 0 Å². The predicted molar refractivity (Wildman–Crippen MR) is 148 cm³/mol. The highest BCUT2D eigenvalue weighted by Crippen LogP contribution is 2.13. The Balaban J connectivity index is 1.58. The maximum atomic E-state index is 13.3. The zero-order valence-electron chi connectivity index (χ0n) is 21.6. The van der Waals surface area contributed by atoms with Crippen LogP contribution in [0.25, 0.3) is 0 Å². The van der Waals surface area contributed by atoms with Crippen molar-refractivity contribution in [2.75, 3.05) is 0 Å². The average Bonchev–Trinajstić information content (AvgIpc) is 2.92. The van der Waals surface area contributed by atoms with Crippen LogP contribution in [-0.4, -0.2) is 29.5 Å². The third-order valence-corrected chi connectivity index (χ3v) is 6.43. The molecule has 0 spiro atoms. The summed E-state index contributed by atoms with van der Waals surface area (Å²) < 4.78 is 0. The number of carbonyl (C=O) groups is 3. The van der Waals surface area contributed by atoms with Crippen molar-refractivity contribution in [2.45, 2.75) is 45.3 Å². The number of primary amides is 1. The van der Waals surface area contributed by atoms with Crippen LogP contribution >= 0.6 is 0 Å². The highest BCUT2D eigenvalue weighted by molar-refractivity contribution is 5.95. The number of ketones is 1. The number of nitrogens with one attached hydrogen (secondary N) is 3. The molecule has 7 N–H and O–H groups in total. The zero-order chi connectivity index (χ0) is 27.5. The molecule has 0 bridgehead atoms. The third kappa shape index (κ3) is 8.67. The molecule has 8 heteroatoms. The summed E-state index contributed by atoms with van der Waals surface area (Å²) in [7, 11) is 0. The van der Waals surface area contributed by atoms with Crippen LogP contribution in [0.5, 0.6) is 0 Å². The van der Waals surface area contributed by atoms with Crippen molar-refractivity contribution in [1.29, 1.82) is 5.41 Å². The summed E-state index contributed by atoms with van der Waals surface area (Å²) in [6.45, 7) is 2.52. The molecule has 2 atom stereocenters. The van der Waals surface area contributed by atoms with Crippen molar-refractivity contribution >= 4 is 23.4 Å². The molecule has 2 amide bonds. The number of amides is 2. The first-order valence-electron chi connectivity index (χ1n) is 12.6. The Morgan fingerprint density at radius 1 is 0.789 bits per heavy atom. The number of aryl methyl sites for hydroxylation is 1. The van der Waals surface area contributed by atoms with E-state index in [0.29, 0.717) is 30.6 Å². The molecule has 0 radical (unpaired) electrons. The molecule has 0 unspecified atom stereocenters. The minimum absolute atomic E-state index is 0.00850. The van der Waals surface area contributed by atoms with E-state index in [4.69, 9.17) is 16.9 Å². The molecule has 0 aromatic heterocycles. The van der Waals surface area contributed by atoms with E-state index >= 15 is 0 Å². The van der Waals surface area contributed by atoms with Gasteiger partial charge < -0.3 is 22.1 Å². The normalized spacial score (nSPS) is 12.3. The molecule has 0 heterocycles. The van der Waals surface area contributed by atoms with E-state index in [1.165, 1.54) is 0 Å². The van der Waals surface area contributed by atoms with Crippen molar-refractivity contribution in [2.24, 2.45) is 17.4 Å². The highest BCUT2D eigenvalue weighted by atomic mass is 16.2. The summed E-state index contributed by atoms with van der Waals surface area (Å²) in [5, 5.41) is 13.7. The fourth-order valence-corrected chi connectivity index (χ4v) is 4.06. The molecule has 0 aliphatic carbocycles. The number of Topliss-reactive ketones (excluding diaryl/α,β-unsaturated/α-hetero) is 1. The van der Waals surface area contributed by atoms with Crippen LogP contribution in [0.4, 0.5) is 0 Å². The number of nitrogen functional groups attached to an aromatic ring is 1. The highest BCUT2D eigenvalue weighted by Gasteiger charge is 2.23. The van der Waals surface area contributed by atoms with Gasteiger partial charge in [-0.2, -0.15) is 0 Å². The molecular weight excluding hydrogens is 478 g/mol. The van der Waals surface area contributed by atoms with Gasteiger partial charge in [-0.05, 0) is 41.7 Å². The largest absolute Gasteiger partial charge is 0.384 e. The van der Waals surface area contributed by atoms with Crippen LogP contribution in [0, 0.1) is 11.3 Å². The Labute approximate surface area is 223 Å². The minimum atomic E-state index is -0.491. The van der Waals surface area contributed by atoms with E-state index in [1.807, 2.05) is 54.6 Å². The van der Waals surface area contributed by atoms with Gasteiger partial charge in [-0.3, -0.25) is 19.8 Å². The molecule has 3 aromatic carbocycles. The molecule has 0 saturated heterocycles. The van der Waals surface area contributed by atoms with E-state index in [1.54, 1.807) is 31.2 Å². The van der Waals surface area contributed by atoms with Crippen molar-refractivity contribution < 1.29 is 14.4 Å². The summed E-state index contributed by atoms with van der Waals surface area (Å²) in [4.78, 5) is 37.3. The monoisotopic (exact) mass is 513 g/mol. The van der Waals surface area contributed by atoms with Crippen molar-refractivity contribution in [3.05, 3.63) is 107 Å². The molecule has 198 valence electrons. The Morgan fingerprint density at radius 2 is 1.37 bits per heavy atom. The van der Waals surface area contributed by atoms with Gasteiger partial charge in [0.25, 0.3) is 0 Å². The summed E-state index contributed by atoms with van der Waals surface area (Å²) in [6.07, 6.45) is 1.43. The van der Waals surface area contributed by atoms with Crippen LogP contribution in [0.15, 0.2) is 78.9 Å². The summed E-state index contributed by atoms with van der Waals surface area (Å²) in [5.41, 5.74) is 14.8. The lowest BCUT2D eigenvalue weighted by Gasteiger charge is -2.20. The Bertz CT molecular complexity index is 1240. The van der Waals surface area contributed by atoms with Crippen LogP contribution in [0.1, 0.15) is 52.4 Å². The molecule has 38 heavy (non-hydrogen) atoms. The van der Waals surface area contributed by atoms with Gasteiger partial charge in [-0.1, -0.05) is 73.7 Å². The fraction of sp³-hybridized carbons (Fsp3) is 0.267. The molecular formula is C30H35N5O3. The molecule has 0 aliphatic heterocycles. The number of amidine groups is 1. The van der Waals surface area contributed by atoms with Crippen LogP contribution in [-0.2, 0) is 29.1 Å². The standard InChI is InChI=1S/C30H35N5O3/c1-20(30(38)35-19-23-7-12-24(13-8-23)28(31)32)17-27(36)26(16-11-21-5-3-2-4-6-21)34-18-22-9-14-25(15-10-22)29(33)37/h2-10,12-15,20,26,34H,11,16-19H2,1H3,(H3,31,32)(H2,33,37)(H,35,38)/t20-,26-/m1/s1. The van der Waals surface area contributed by atoms with Gasteiger partial charge in [0.05, 0.1) is 6.04 Å². The van der Waals surface area contributed by atoms with Crippen LogP contribution in [0.3, 0.4) is 0 Å². The topological polar surface area (TPSA) is 151 Å². The number of carbonyl (C=O) groups excluding carboxylic acids is 3. The van der Waals surface area contributed by atoms with E-state index in [9.17, 15) is 14.4 Å². The summed E-state index contributed by atoms with van der Waals surface area (Å²) in [5.74, 6) is -1.21. The minimum Gasteiger partial charge on any atom is -0.384 e.